The van der Waals surface area contributed by atoms with Crippen LogP contribution in [0.5, 0.6) is 0 Å². The summed E-state index contributed by atoms with van der Waals surface area (Å²) in [5.41, 5.74) is 0. The van der Waals surface area contributed by atoms with Crippen LogP contribution in [-0.4, -0.2) is 65.7 Å². The molecule has 0 aliphatic rings. The first-order valence-corrected chi connectivity index (χ1v) is 2.45. The van der Waals surface area contributed by atoms with E-state index >= 15 is 0 Å². The van der Waals surface area contributed by atoms with Gasteiger partial charge in [0.05, 0.1) is 0 Å². The Hall–Kier alpha value is 0.430. The number of carbonyl (C=O) groups is 1. The third-order valence-corrected chi connectivity index (χ3v) is 1.13. The van der Waals surface area contributed by atoms with Crippen molar-refractivity contribution in [3.8, 4) is 0 Å². The normalized spacial score (nSPS) is 12.4. The summed E-state index contributed by atoms with van der Waals surface area (Å²) in [5.74, 6) is -0.782. The van der Waals surface area contributed by atoms with E-state index in [4.69, 9.17) is 5.11 Å². The molecule has 9 heavy (non-hydrogen) atoms. The van der Waals surface area contributed by atoms with Crippen molar-refractivity contribution in [1.82, 2.24) is 4.90 Å². The molecule has 0 spiro atoms. The number of hydrogen-bond acceptors (Lipinski definition) is 2. The third-order valence-electron chi connectivity index (χ3n) is 1.13. The van der Waals surface area contributed by atoms with Gasteiger partial charge in [-0.3, -0.25) is 9.69 Å². The molecule has 4 heteroatoms. The monoisotopic (exact) mass is 140 g/mol. The van der Waals surface area contributed by atoms with Crippen LogP contribution in [-0.2, 0) is 4.79 Å². The molecule has 0 aromatic heterocycles. The average molecular weight is 140 g/mol. The van der Waals surface area contributed by atoms with Crippen molar-refractivity contribution in [2.45, 2.75) is 13.0 Å². The molecule has 0 bridgehead atoms. The Morgan fingerprint density at radius 2 is 1.89 bits per heavy atom. The topological polar surface area (TPSA) is 40.5 Å². The average Bonchev–Trinajstić information content (AvgIpc) is 1.64. The van der Waals surface area contributed by atoms with Crippen molar-refractivity contribution in [2.24, 2.45) is 0 Å². The molecule has 0 aliphatic carbocycles. The van der Waals surface area contributed by atoms with Crippen molar-refractivity contribution in [1.29, 1.82) is 0 Å². The molecule has 0 saturated heterocycles. The smallest absolute Gasteiger partial charge is 0.320 e. The van der Waals surface area contributed by atoms with Crippen LogP contribution in [0.2, 0.25) is 0 Å². The zero-order valence-electron chi connectivity index (χ0n) is 6.38. The second-order valence-corrected chi connectivity index (χ2v) is 1.98. The standard InChI is InChI=1S/C5H11NO2.Na/c1-4(5(7)8)6(2)3;/h4H,1-3H3,(H,7,8);. The summed E-state index contributed by atoms with van der Waals surface area (Å²) in [5, 5.41) is 8.31. The van der Waals surface area contributed by atoms with E-state index in [1.54, 1.807) is 25.9 Å². The Morgan fingerprint density at radius 1 is 1.56 bits per heavy atom. The SMILES string of the molecule is CC(C(=O)O)N(C)C.[Na]. The number of carboxylic acids is 1. The summed E-state index contributed by atoms with van der Waals surface area (Å²) in [6.45, 7) is 1.64. The van der Waals surface area contributed by atoms with E-state index in [2.05, 4.69) is 0 Å². The van der Waals surface area contributed by atoms with E-state index in [-0.39, 0.29) is 35.6 Å². The first-order chi connectivity index (χ1) is 3.55. The molecule has 0 aromatic carbocycles. The van der Waals surface area contributed by atoms with Crippen LogP contribution in [0.4, 0.5) is 0 Å². The summed E-state index contributed by atoms with van der Waals surface area (Å²) in [6.07, 6.45) is 0. The quantitative estimate of drug-likeness (QED) is 0.532. The molecule has 3 nitrogen and oxygen atoms in total. The summed E-state index contributed by atoms with van der Waals surface area (Å²) < 4.78 is 0. The van der Waals surface area contributed by atoms with Crippen LogP contribution in [0.25, 0.3) is 0 Å². The van der Waals surface area contributed by atoms with Gasteiger partial charge in [-0.05, 0) is 21.0 Å². The minimum atomic E-state index is -0.782. The predicted octanol–water partition coefficient (Wildman–Crippen LogP) is -0.360. The Kier molecular flexibility index (Phi) is 7.06. The van der Waals surface area contributed by atoms with E-state index in [9.17, 15) is 4.79 Å². The Balaban J connectivity index is 0. The molecule has 0 aliphatic heterocycles. The van der Waals surface area contributed by atoms with Crippen LogP contribution in [0.3, 0.4) is 0 Å². The molecule has 0 saturated carbocycles. The first-order valence-electron chi connectivity index (χ1n) is 2.45. The summed E-state index contributed by atoms with van der Waals surface area (Å²) in [4.78, 5) is 11.7. The molecule has 0 heterocycles. The number of nitrogens with zero attached hydrogens (tertiary/aromatic N) is 1. The number of carboxylic acid groups (broad SMARTS) is 1. The molecular formula is C5H11NNaO2. The molecule has 1 N–H and O–H groups in total. The van der Waals surface area contributed by atoms with Crippen molar-refractivity contribution in [2.75, 3.05) is 14.1 Å². The molecular weight excluding hydrogens is 129 g/mol. The van der Waals surface area contributed by atoms with Crippen LogP contribution < -0.4 is 0 Å². The van der Waals surface area contributed by atoms with E-state index in [1.807, 2.05) is 0 Å². The van der Waals surface area contributed by atoms with Gasteiger partial charge in [0.2, 0.25) is 0 Å². The summed E-state index contributed by atoms with van der Waals surface area (Å²) in [7, 11) is 3.47. The van der Waals surface area contributed by atoms with Gasteiger partial charge < -0.3 is 5.11 Å². The van der Waals surface area contributed by atoms with Gasteiger partial charge in [-0.1, -0.05) is 0 Å². The van der Waals surface area contributed by atoms with Gasteiger partial charge in [0.25, 0.3) is 0 Å². The molecule has 0 rings (SSSR count). The van der Waals surface area contributed by atoms with E-state index in [0.29, 0.717) is 0 Å². The van der Waals surface area contributed by atoms with E-state index < -0.39 is 5.97 Å². The van der Waals surface area contributed by atoms with E-state index in [1.165, 1.54) is 0 Å². The van der Waals surface area contributed by atoms with Gasteiger partial charge in [-0.25, -0.2) is 0 Å². The number of hydrogen-bond donors (Lipinski definition) is 1. The van der Waals surface area contributed by atoms with Gasteiger partial charge in [-0.2, -0.15) is 0 Å². The number of likely N-dealkylation sites (N-methyl/N-ethyl adjacent to an activating group) is 1. The molecule has 49 valence electrons. The fourth-order valence-electron chi connectivity index (χ4n) is 0.221. The van der Waals surface area contributed by atoms with Crippen LogP contribution in [0.1, 0.15) is 6.92 Å². The van der Waals surface area contributed by atoms with Crippen LogP contribution in [0.15, 0.2) is 0 Å². The largest absolute Gasteiger partial charge is 0.480 e. The molecule has 1 radical (unpaired) electrons. The van der Waals surface area contributed by atoms with Gasteiger partial charge >= 0.3 is 5.97 Å². The van der Waals surface area contributed by atoms with Gasteiger partial charge in [0, 0.05) is 29.6 Å². The number of rotatable bonds is 2. The second-order valence-electron chi connectivity index (χ2n) is 1.98. The maximum Gasteiger partial charge on any atom is 0.320 e. The van der Waals surface area contributed by atoms with Gasteiger partial charge in [0.15, 0.2) is 0 Å². The zero-order valence-corrected chi connectivity index (χ0v) is 8.38. The first kappa shape index (κ1) is 12.1. The molecule has 0 amide bonds. The predicted molar refractivity (Wildman–Crippen MR) is 36.5 cm³/mol. The van der Waals surface area contributed by atoms with Crippen molar-refractivity contribution in [3.63, 3.8) is 0 Å². The second kappa shape index (κ2) is 5.23. The summed E-state index contributed by atoms with van der Waals surface area (Å²) in [6, 6.07) is -0.380. The van der Waals surface area contributed by atoms with Gasteiger partial charge in [0.1, 0.15) is 6.04 Å². The van der Waals surface area contributed by atoms with Crippen LogP contribution >= 0.6 is 0 Å². The minimum Gasteiger partial charge on any atom is -0.480 e. The Bertz CT molecular complexity index is 95.0. The zero-order chi connectivity index (χ0) is 6.73. The molecule has 0 aromatic rings. The molecule has 1 unspecified atom stereocenters. The van der Waals surface area contributed by atoms with Crippen molar-refractivity contribution >= 4 is 35.5 Å². The molecule has 1 atom stereocenters. The minimum absolute atomic E-state index is 0. The summed E-state index contributed by atoms with van der Waals surface area (Å²) >= 11 is 0. The third kappa shape index (κ3) is 4.90. The maximum absolute atomic E-state index is 10.1. The van der Waals surface area contributed by atoms with Crippen molar-refractivity contribution in [3.05, 3.63) is 0 Å². The Labute approximate surface area is 77.3 Å². The molecule has 0 fully saturated rings. The van der Waals surface area contributed by atoms with E-state index in [0.717, 1.165) is 0 Å². The van der Waals surface area contributed by atoms with Crippen LogP contribution in [0, 0.1) is 0 Å². The number of aliphatic carboxylic acids is 1. The fraction of sp³-hybridized carbons (Fsp3) is 0.800. The fourth-order valence-corrected chi connectivity index (χ4v) is 0.221. The Morgan fingerprint density at radius 3 is 1.89 bits per heavy atom. The maximum atomic E-state index is 10.1. The van der Waals surface area contributed by atoms with Gasteiger partial charge in [-0.15, -0.1) is 0 Å². The van der Waals surface area contributed by atoms with Crippen molar-refractivity contribution < 1.29 is 9.90 Å².